The van der Waals surface area contributed by atoms with E-state index in [0.717, 1.165) is 13.0 Å². The highest BCUT2D eigenvalue weighted by molar-refractivity contribution is 5.55. The Hall–Kier alpha value is -1.02. The molecule has 0 aliphatic carbocycles. The molecule has 2 rings (SSSR count). The van der Waals surface area contributed by atoms with E-state index in [0.29, 0.717) is 6.04 Å². The molecule has 0 spiro atoms. The third-order valence-electron chi connectivity index (χ3n) is 3.17. The molecule has 2 heteroatoms. The fraction of sp³-hybridized carbons (Fsp3) is 0.500. The molecule has 14 heavy (non-hydrogen) atoms. The SMILES string of the molecule is CN1c2ccccc2CCC1CCN. The first-order valence-electron chi connectivity index (χ1n) is 5.33. The van der Waals surface area contributed by atoms with E-state index in [2.05, 4.69) is 36.2 Å². The number of aryl methyl sites for hydroxylation is 1. The first-order chi connectivity index (χ1) is 6.83. The standard InChI is InChI=1S/C12H18N2/c1-14-11(8-9-13)7-6-10-4-2-3-5-12(10)14/h2-5,11H,6-9,13H2,1H3. The number of nitrogens with two attached hydrogens (primary N) is 1. The molecule has 1 aromatic carbocycles. The maximum atomic E-state index is 5.61. The van der Waals surface area contributed by atoms with Gasteiger partial charge in [-0.3, -0.25) is 0 Å². The lowest BCUT2D eigenvalue weighted by Crippen LogP contribution is -2.37. The lowest BCUT2D eigenvalue weighted by Gasteiger charge is -2.35. The third kappa shape index (κ3) is 1.62. The van der Waals surface area contributed by atoms with Crippen molar-refractivity contribution < 1.29 is 0 Å². The molecule has 1 aromatic rings. The maximum Gasteiger partial charge on any atom is 0.0398 e. The summed E-state index contributed by atoms with van der Waals surface area (Å²) in [5.41, 5.74) is 8.48. The molecule has 2 nitrogen and oxygen atoms in total. The molecule has 76 valence electrons. The fourth-order valence-corrected chi connectivity index (χ4v) is 2.31. The highest BCUT2D eigenvalue weighted by atomic mass is 15.1. The van der Waals surface area contributed by atoms with Gasteiger partial charge in [0.2, 0.25) is 0 Å². The smallest absolute Gasteiger partial charge is 0.0398 e. The summed E-state index contributed by atoms with van der Waals surface area (Å²) in [6.07, 6.45) is 3.54. The molecule has 1 aliphatic rings. The molecule has 0 radical (unpaired) electrons. The fourth-order valence-electron chi connectivity index (χ4n) is 2.31. The van der Waals surface area contributed by atoms with Crippen molar-refractivity contribution in [3.63, 3.8) is 0 Å². The van der Waals surface area contributed by atoms with Gasteiger partial charge in [-0.25, -0.2) is 0 Å². The molecule has 1 atom stereocenters. The molecule has 0 saturated carbocycles. The van der Waals surface area contributed by atoms with Crippen LogP contribution in [0.5, 0.6) is 0 Å². The number of rotatable bonds is 2. The van der Waals surface area contributed by atoms with Gasteiger partial charge in [0.15, 0.2) is 0 Å². The average Bonchev–Trinajstić information content (AvgIpc) is 2.23. The summed E-state index contributed by atoms with van der Waals surface area (Å²) >= 11 is 0. The van der Waals surface area contributed by atoms with Crippen LogP contribution in [0.3, 0.4) is 0 Å². The summed E-state index contributed by atoms with van der Waals surface area (Å²) in [6, 6.07) is 9.30. The zero-order valence-corrected chi connectivity index (χ0v) is 8.74. The second-order valence-electron chi connectivity index (χ2n) is 4.01. The maximum absolute atomic E-state index is 5.61. The Morgan fingerprint density at radius 1 is 1.43 bits per heavy atom. The highest BCUT2D eigenvalue weighted by Crippen LogP contribution is 2.29. The Labute approximate surface area is 85.7 Å². The minimum Gasteiger partial charge on any atom is -0.371 e. The second kappa shape index (κ2) is 4.01. The first-order valence-corrected chi connectivity index (χ1v) is 5.33. The Kier molecular flexibility index (Phi) is 2.73. The monoisotopic (exact) mass is 190 g/mol. The molecule has 0 aromatic heterocycles. The number of anilines is 1. The van der Waals surface area contributed by atoms with Gasteiger partial charge >= 0.3 is 0 Å². The highest BCUT2D eigenvalue weighted by Gasteiger charge is 2.21. The van der Waals surface area contributed by atoms with Gasteiger partial charge in [-0.2, -0.15) is 0 Å². The number of fused-ring (bicyclic) bond motifs is 1. The predicted molar refractivity (Wildman–Crippen MR) is 60.6 cm³/mol. The van der Waals surface area contributed by atoms with Crippen molar-refractivity contribution in [1.29, 1.82) is 0 Å². The van der Waals surface area contributed by atoms with Crippen LogP contribution in [0.25, 0.3) is 0 Å². The average molecular weight is 190 g/mol. The molecule has 0 fully saturated rings. The molecule has 1 aliphatic heterocycles. The molecule has 0 amide bonds. The van der Waals surface area contributed by atoms with E-state index in [9.17, 15) is 0 Å². The van der Waals surface area contributed by atoms with E-state index < -0.39 is 0 Å². The van der Waals surface area contributed by atoms with Gasteiger partial charge in [0.05, 0.1) is 0 Å². The quantitative estimate of drug-likeness (QED) is 0.770. The van der Waals surface area contributed by atoms with E-state index in [1.807, 2.05) is 0 Å². The van der Waals surface area contributed by atoms with Crippen LogP contribution in [0, 0.1) is 0 Å². The third-order valence-corrected chi connectivity index (χ3v) is 3.17. The van der Waals surface area contributed by atoms with E-state index in [1.165, 1.54) is 24.1 Å². The molecule has 1 heterocycles. The second-order valence-corrected chi connectivity index (χ2v) is 4.01. The number of hydrogen-bond acceptors (Lipinski definition) is 2. The largest absolute Gasteiger partial charge is 0.371 e. The number of para-hydroxylation sites is 1. The predicted octanol–water partition coefficient (Wildman–Crippen LogP) is 1.79. The summed E-state index contributed by atoms with van der Waals surface area (Å²) in [6.45, 7) is 0.789. The summed E-state index contributed by atoms with van der Waals surface area (Å²) in [4.78, 5) is 2.38. The van der Waals surface area contributed by atoms with Crippen LogP contribution in [-0.4, -0.2) is 19.6 Å². The van der Waals surface area contributed by atoms with Crippen molar-refractivity contribution in [3.05, 3.63) is 29.8 Å². The molecule has 0 saturated heterocycles. The first kappa shape index (κ1) is 9.53. The van der Waals surface area contributed by atoms with Crippen LogP contribution in [0.1, 0.15) is 18.4 Å². The molecular weight excluding hydrogens is 172 g/mol. The minimum atomic E-state index is 0.634. The van der Waals surface area contributed by atoms with E-state index >= 15 is 0 Å². The minimum absolute atomic E-state index is 0.634. The topological polar surface area (TPSA) is 29.3 Å². The van der Waals surface area contributed by atoms with Crippen molar-refractivity contribution in [1.82, 2.24) is 0 Å². The lowest BCUT2D eigenvalue weighted by molar-refractivity contribution is 0.527. The van der Waals surface area contributed by atoms with E-state index in [-0.39, 0.29) is 0 Å². The number of nitrogens with zero attached hydrogens (tertiary/aromatic N) is 1. The van der Waals surface area contributed by atoms with Crippen LogP contribution in [0.4, 0.5) is 5.69 Å². The Balaban J connectivity index is 2.22. The normalized spacial score (nSPS) is 20.7. The van der Waals surface area contributed by atoms with Gasteiger partial charge < -0.3 is 10.6 Å². The van der Waals surface area contributed by atoms with Gasteiger partial charge in [-0.1, -0.05) is 18.2 Å². The Morgan fingerprint density at radius 3 is 3.00 bits per heavy atom. The van der Waals surface area contributed by atoms with Crippen LogP contribution in [-0.2, 0) is 6.42 Å². The molecule has 2 N–H and O–H groups in total. The van der Waals surface area contributed by atoms with Gasteiger partial charge in [0.25, 0.3) is 0 Å². The van der Waals surface area contributed by atoms with Crippen LogP contribution < -0.4 is 10.6 Å². The van der Waals surface area contributed by atoms with Crippen molar-refractivity contribution in [3.8, 4) is 0 Å². The van der Waals surface area contributed by atoms with Crippen LogP contribution >= 0.6 is 0 Å². The van der Waals surface area contributed by atoms with Crippen molar-refractivity contribution in [2.75, 3.05) is 18.5 Å². The van der Waals surface area contributed by atoms with Crippen molar-refractivity contribution >= 4 is 5.69 Å². The molecule has 0 bridgehead atoms. The summed E-state index contributed by atoms with van der Waals surface area (Å²) in [5, 5.41) is 0. The van der Waals surface area contributed by atoms with E-state index in [1.54, 1.807) is 0 Å². The zero-order valence-electron chi connectivity index (χ0n) is 8.74. The molecule has 1 unspecified atom stereocenters. The Morgan fingerprint density at radius 2 is 2.21 bits per heavy atom. The lowest BCUT2D eigenvalue weighted by atomic mass is 9.94. The van der Waals surface area contributed by atoms with Crippen LogP contribution in [0.2, 0.25) is 0 Å². The summed E-state index contributed by atoms with van der Waals surface area (Å²) in [7, 11) is 2.18. The summed E-state index contributed by atoms with van der Waals surface area (Å²) < 4.78 is 0. The number of hydrogen-bond donors (Lipinski definition) is 1. The summed E-state index contributed by atoms with van der Waals surface area (Å²) in [5.74, 6) is 0. The van der Waals surface area contributed by atoms with Gasteiger partial charge in [-0.05, 0) is 37.4 Å². The van der Waals surface area contributed by atoms with E-state index in [4.69, 9.17) is 5.73 Å². The number of benzene rings is 1. The molecular formula is C12H18N2. The van der Waals surface area contributed by atoms with Gasteiger partial charge in [0, 0.05) is 18.8 Å². The zero-order chi connectivity index (χ0) is 9.97. The van der Waals surface area contributed by atoms with Crippen molar-refractivity contribution in [2.24, 2.45) is 5.73 Å². The van der Waals surface area contributed by atoms with Crippen LogP contribution in [0.15, 0.2) is 24.3 Å². The Bertz CT molecular complexity index is 309. The van der Waals surface area contributed by atoms with Gasteiger partial charge in [-0.15, -0.1) is 0 Å². The van der Waals surface area contributed by atoms with Crippen molar-refractivity contribution in [2.45, 2.75) is 25.3 Å². The van der Waals surface area contributed by atoms with Gasteiger partial charge in [0.1, 0.15) is 0 Å².